The molecule has 2 aliphatic rings. The smallest absolute Gasteiger partial charge is 0.286 e. The fourth-order valence-corrected chi connectivity index (χ4v) is 10.6. The summed E-state index contributed by atoms with van der Waals surface area (Å²) in [6, 6.07) is 0.851. The average Bonchev–Trinajstić information content (AvgIpc) is 3.07. The third-order valence-electron chi connectivity index (χ3n) is 6.58. The Bertz CT molecular complexity index is 1070. The van der Waals surface area contributed by atoms with Crippen molar-refractivity contribution in [3.8, 4) is 11.8 Å². The predicted molar refractivity (Wildman–Crippen MR) is 134 cm³/mol. The Labute approximate surface area is 209 Å². The van der Waals surface area contributed by atoms with Crippen molar-refractivity contribution < 1.29 is 22.8 Å². The summed E-state index contributed by atoms with van der Waals surface area (Å²) in [7, 11) is -1.66. The molecular formula is C24H31ClF3N3O3S. The Morgan fingerprint density at radius 1 is 1.34 bits per heavy atom. The van der Waals surface area contributed by atoms with Crippen molar-refractivity contribution in [3.05, 3.63) is 28.4 Å². The standard InChI is InChI=1S/C24H31ClF3N3O3S/c1-3-9-35(4-2)19(11-16(22(35)25)6-5-15-7-8-29-21(32)10-15)23(33)30-17-12-18(26)24(34)31(13-17)14-20(27)28/h12-13,15-16,19-20,22H,3-4,7-11,14H2,1-2H3,(H,29,32)(H,30,33). The molecule has 5 unspecified atom stereocenters. The van der Waals surface area contributed by atoms with E-state index < -0.39 is 39.6 Å². The van der Waals surface area contributed by atoms with E-state index in [4.69, 9.17) is 11.6 Å². The van der Waals surface area contributed by atoms with Crippen LogP contribution < -0.4 is 16.2 Å². The summed E-state index contributed by atoms with van der Waals surface area (Å²) >= 11 is 6.98. The molecule has 2 amide bonds. The zero-order valence-corrected chi connectivity index (χ0v) is 21.4. The number of anilines is 1. The van der Waals surface area contributed by atoms with Gasteiger partial charge in [-0.1, -0.05) is 25.7 Å². The molecule has 2 saturated heterocycles. The largest absolute Gasteiger partial charge is 0.356 e. The molecule has 194 valence electrons. The molecule has 1 aromatic rings. The number of amides is 2. The molecule has 11 heteroatoms. The van der Waals surface area contributed by atoms with Gasteiger partial charge in [-0.15, -0.1) is 11.6 Å². The van der Waals surface area contributed by atoms with E-state index in [-0.39, 0.29) is 34.0 Å². The predicted octanol–water partition coefficient (Wildman–Crippen LogP) is 3.91. The van der Waals surface area contributed by atoms with Crippen molar-refractivity contribution in [3.63, 3.8) is 0 Å². The first-order chi connectivity index (χ1) is 16.6. The van der Waals surface area contributed by atoms with Crippen molar-refractivity contribution in [1.82, 2.24) is 9.88 Å². The maximum atomic E-state index is 14.1. The van der Waals surface area contributed by atoms with Crippen molar-refractivity contribution in [2.45, 2.75) is 62.5 Å². The van der Waals surface area contributed by atoms with Crippen LogP contribution >= 0.6 is 21.6 Å². The van der Waals surface area contributed by atoms with Gasteiger partial charge in [0, 0.05) is 37.1 Å². The maximum absolute atomic E-state index is 14.1. The van der Waals surface area contributed by atoms with Crippen LogP contribution in [-0.2, 0) is 16.1 Å². The summed E-state index contributed by atoms with van der Waals surface area (Å²) < 4.78 is 39.9. The van der Waals surface area contributed by atoms with Crippen LogP contribution in [0, 0.1) is 29.5 Å². The number of hydrogen-bond acceptors (Lipinski definition) is 3. The molecule has 2 N–H and O–H groups in total. The second-order valence-corrected chi connectivity index (χ2v) is 13.7. The molecule has 0 aromatic carbocycles. The van der Waals surface area contributed by atoms with E-state index in [9.17, 15) is 27.6 Å². The number of pyridine rings is 1. The normalized spacial score (nSPS) is 30.2. The molecule has 3 heterocycles. The first-order valence-corrected chi connectivity index (χ1v) is 14.3. The summed E-state index contributed by atoms with van der Waals surface area (Å²) in [5, 5.41) is 4.97. The summed E-state index contributed by atoms with van der Waals surface area (Å²) in [5.41, 5.74) is -1.22. The molecule has 0 radical (unpaired) electrons. The van der Waals surface area contributed by atoms with Crippen molar-refractivity contribution >= 4 is 39.1 Å². The monoisotopic (exact) mass is 533 g/mol. The Kier molecular flexibility index (Phi) is 9.22. The molecule has 0 spiro atoms. The van der Waals surface area contributed by atoms with Crippen LogP contribution in [0.2, 0.25) is 0 Å². The van der Waals surface area contributed by atoms with Crippen LogP contribution in [0.5, 0.6) is 0 Å². The minimum absolute atomic E-state index is 0.0263. The number of halogens is 4. The minimum atomic E-state index is -2.85. The van der Waals surface area contributed by atoms with Gasteiger partial charge in [0.15, 0.2) is 5.82 Å². The molecular weight excluding hydrogens is 503 g/mol. The molecule has 0 aliphatic carbocycles. The Hall–Kier alpha value is -2.12. The summed E-state index contributed by atoms with van der Waals surface area (Å²) in [6.07, 6.45) is 0.555. The first-order valence-electron chi connectivity index (χ1n) is 11.8. The van der Waals surface area contributed by atoms with Gasteiger partial charge in [-0.05, 0) is 30.8 Å². The number of piperidine rings is 1. The minimum Gasteiger partial charge on any atom is -0.356 e. The van der Waals surface area contributed by atoms with Crippen molar-refractivity contribution in [2.75, 3.05) is 23.4 Å². The molecule has 0 bridgehead atoms. The molecule has 35 heavy (non-hydrogen) atoms. The lowest BCUT2D eigenvalue weighted by Gasteiger charge is -2.43. The van der Waals surface area contributed by atoms with Gasteiger partial charge in [0.25, 0.3) is 12.0 Å². The number of aromatic nitrogens is 1. The highest BCUT2D eigenvalue weighted by molar-refractivity contribution is 8.36. The molecule has 6 nitrogen and oxygen atoms in total. The summed E-state index contributed by atoms with van der Waals surface area (Å²) in [4.78, 5) is 36.9. The molecule has 5 atom stereocenters. The van der Waals surface area contributed by atoms with Gasteiger partial charge in [0.1, 0.15) is 0 Å². The zero-order valence-electron chi connectivity index (χ0n) is 19.8. The van der Waals surface area contributed by atoms with Crippen LogP contribution in [-0.4, -0.2) is 50.8 Å². The quantitative estimate of drug-likeness (QED) is 0.412. The first kappa shape index (κ1) is 27.5. The highest BCUT2D eigenvalue weighted by atomic mass is 35.5. The zero-order chi connectivity index (χ0) is 25.8. The molecule has 0 saturated carbocycles. The van der Waals surface area contributed by atoms with Crippen molar-refractivity contribution in [1.29, 1.82) is 0 Å². The van der Waals surface area contributed by atoms with Gasteiger partial charge in [0.05, 0.1) is 22.2 Å². The maximum Gasteiger partial charge on any atom is 0.286 e. The third kappa shape index (κ3) is 6.18. The fraction of sp³-hybridized carbons (Fsp3) is 0.625. The number of carbonyl (C=O) groups excluding carboxylic acids is 2. The molecule has 3 rings (SSSR count). The van der Waals surface area contributed by atoms with Gasteiger partial charge < -0.3 is 15.2 Å². The highest BCUT2D eigenvalue weighted by Crippen LogP contribution is 2.67. The SMILES string of the molecule is CCCS1(CC)C(C(=O)Nc2cc(F)c(=O)n(CC(F)F)c2)CC(C#CC2CCNC(=O)C2)C1Cl. The number of carbonyl (C=O) groups is 2. The van der Waals surface area contributed by atoms with E-state index in [1.807, 2.05) is 13.8 Å². The van der Waals surface area contributed by atoms with Crippen LogP contribution in [0.3, 0.4) is 0 Å². The van der Waals surface area contributed by atoms with E-state index >= 15 is 0 Å². The molecule has 1 aromatic heterocycles. The van der Waals surface area contributed by atoms with Crippen LogP contribution in [0.15, 0.2) is 17.1 Å². The van der Waals surface area contributed by atoms with Crippen LogP contribution in [0.4, 0.5) is 18.9 Å². The van der Waals surface area contributed by atoms with Crippen LogP contribution in [0.25, 0.3) is 0 Å². The fourth-order valence-electron chi connectivity index (χ4n) is 4.90. The van der Waals surface area contributed by atoms with E-state index in [1.165, 1.54) is 0 Å². The number of hydrogen-bond donors (Lipinski definition) is 2. The topological polar surface area (TPSA) is 80.2 Å². The Morgan fingerprint density at radius 2 is 2.09 bits per heavy atom. The number of nitrogens with zero attached hydrogens (tertiary/aromatic N) is 1. The lowest BCUT2D eigenvalue weighted by atomic mass is 9.96. The summed E-state index contributed by atoms with van der Waals surface area (Å²) in [6.45, 7) is 3.65. The van der Waals surface area contributed by atoms with Gasteiger partial charge in [0.2, 0.25) is 11.8 Å². The van der Waals surface area contributed by atoms with E-state index in [1.54, 1.807) is 0 Å². The highest BCUT2D eigenvalue weighted by Gasteiger charge is 2.51. The second-order valence-electron chi connectivity index (χ2n) is 8.92. The molecule has 2 aliphatic heterocycles. The van der Waals surface area contributed by atoms with Crippen LogP contribution in [0.1, 0.15) is 39.5 Å². The number of rotatable bonds is 7. The van der Waals surface area contributed by atoms with Gasteiger partial charge in [-0.2, -0.15) is 0 Å². The van der Waals surface area contributed by atoms with E-state index in [0.29, 0.717) is 29.7 Å². The Balaban J connectivity index is 1.86. The second kappa shape index (κ2) is 11.7. The number of alkyl halides is 3. The Morgan fingerprint density at radius 3 is 2.71 bits per heavy atom. The van der Waals surface area contributed by atoms with Gasteiger partial charge in [-0.25, -0.2) is 23.2 Å². The summed E-state index contributed by atoms with van der Waals surface area (Å²) in [5.74, 6) is 6.04. The van der Waals surface area contributed by atoms with Gasteiger partial charge in [-0.3, -0.25) is 14.4 Å². The van der Waals surface area contributed by atoms with E-state index in [0.717, 1.165) is 30.9 Å². The lowest BCUT2D eigenvalue weighted by Crippen LogP contribution is -2.34. The average molecular weight is 534 g/mol. The van der Waals surface area contributed by atoms with Gasteiger partial charge >= 0.3 is 0 Å². The van der Waals surface area contributed by atoms with Crippen molar-refractivity contribution in [2.24, 2.45) is 11.8 Å². The third-order valence-corrected chi connectivity index (χ3v) is 13.0. The van der Waals surface area contributed by atoms with E-state index in [2.05, 4.69) is 22.5 Å². The lowest BCUT2D eigenvalue weighted by molar-refractivity contribution is -0.122. The molecule has 2 fully saturated rings. The number of nitrogens with one attached hydrogen (secondary N) is 2.